The molecule has 0 saturated heterocycles. The molecule has 0 aliphatic rings. The van der Waals surface area contributed by atoms with E-state index < -0.39 is 0 Å². The lowest BCUT2D eigenvalue weighted by Crippen LogP contribution is -2.19. The van der Waals surface area contributed by atoms with E-state index >= 15 is 0 Å². The quantitative estimate of drug-likeness (QED) is 0.520. The minimum absolute atomic E-state index is 0.282. The van der Waals surface area contributed by atoms with Gasteiger partial charge in [-0.05, 0) is 71.1 Å². The average Bonchev–Trinajstić information content (AvgIpc) is 2.60. The molecule has 4 nitrogen and oxygen atoms in total. The summed E-state index contributed by atoms with van der Waals surface area (Å²) in [6.07, 6.45) is 0. The minimum Gasteiger partial charge on any atom is -0.457 e. The molecule has 0 spiro atoms. The van der Waals surface area contributed by atoms with Crippen LogP contribution in [0.15, 0.2) is 78.9 Å². The second-order valence-electron chi connectivity index (χ2n) is 5.00. The van der Waals surface area contributed by atoms with Gasteiger partial charge in [0.1, 0.15) is 11.5 Å². The predicted molar refractivity (Wildman–Crippen MR) is 105 cm³/mol. The summed E-state index contributed by atoms with van der Waals surface area (Å²) in [6, 6.07) is 24.1. The molecule has 24 heavy (non-hydrogen) atoms. The highest BCUT2D eigenvalue weighted by Crippen LogP contribution is 2.23. The van der Waals surface area contributed by atoms with E-state index in [4.69, 9.17) is 4.74 Å². The Morgan fingerprint density at radius 3 is 2.08 bits per heavy atom. The third kappa shape index (κ3) is 4.48. The summed E-state index contributed by atoms with van der Waals surface area (Å²) >= 11 is 2.18. The van der Waals surface area contributed by atoms with E-state index in [9.17, 15) is 4.79 Å². The summed E-state index contributed by atoms with van der Waals surface area (Å²) in [4.78, 5) is 12.1. The molecule has 5 heteroatoms. The molecule has 3 aromatic carbocycles. The van der Waals surface area contributed by atoms with Crippen molar-refractivity contribution in [2.45, 2.75) is 0 Å². The van der Waals surface area contributed by atoms with Gasteiger partial charge in [0.25, 0.3) is 0 Å². The van der Waals surface area contributed by atoms with Crippen LogP contribution >= 0.6 is 22.6 Å². The Labute approximate surface area is 154 Å². The maximum Gasteiger partial charge on any atom is 0.323 e. The first-order valence-electron chi connectivity index (χ1n) is 7.36. The first-order chi connectivity index (χ1) is 11.7. The third-order valence-corrected chi connectivity index (χ3v) is 4.15. The van der Waals surface area contributed by atoms with E-state index in [1.165, 1.54) is 0 Å². The smallest absolute Gasteiger partial charge is 0.323 e. The molecule has 0 aliphatic heterocycles. The summed E-state index contributed by atoms with van der Waals surface area (Å²) < 4.78 is 6.70. The summed E-state index contributed by atoms with van der Waals surface area (Å²) in [7, 11) is 0. The third-order valence-electron chi connectivity index (χ3n) is 3.21. The molecule has 3 aromatic rings. The summed E-state index contributed by atoms with van der Waals surface area (Å²) in [6.45, 7) is 0. The van der Waals surface area contributed by atoms with Crippen molar-refractivity contribution in [3.05, 3.63) is 82.4 Å². The number of amides is 2. The van der Waals surface area contributed by atoms with Crippen LogP contribution < -0.4 is 15.4 Å². The zero-order valence-corrected chi connectivity index (χ0v) is 14.9. The van der Waals surface area contributed by atoms with Crippen LogP contribution in [-0.2, 0) is 0 Å². The number of nitrogens with one attached hydrogen (secondary N) is 2. The Balaban J connectivity index is 1.60. The van der Waals surface area contributed by atoms with Gasteiger partial charge in [0.15, 0.2) is 0 Å². The van der Waals surface area contributed by atoms with Gasteiger partial charge in [0.2, 0.25) is 0 Å². The largest absolute Gasteiger partial charge is 0.457 e. The lowest BCUT2D eigenvalue weighted by molar-refractivity contribution is 0.262. The van der Waals surface area contributed by atoms with Crippen molar-refractivity contribution in [3.63, 3.8) is 0 Å². The Morgan fingerprint density at radius 2 is 1.38 bits per heavy atom. The van der Waals surface area contributed by atoms with E-state index in [1.54, 1.807) is 12.1 Å². The molecule has 2 amide bonds. The lowest BCUT2D eigenvalue weighted by atomic mass is 10.3. The van der Waals surface area contributed by atoms with Gasteiger partial charge in [-0.15, -0.1) is 0 Å². The average molecular weight is 430 g/mol. The molecule has 0 aromatic heterocycles. The Morgan fingerprint density at radius 1 is 0.750 bits per heavy atom. The van der Waals surface area contributed by atoms with Gasteiger partial charge in [-0.25, -0.2) is 4.79 Å². The number of carbonyl (C=O) groups excluding carboxylic acids is 1. The van der Waals surface area contributed by atoms with E-state index in [1.807, 2.05) is 66.7 Å². The lowest BCUT2D eigenvalue weighted by Gasteiger charge is -2.10. The second-order valence-corrected chi connectivity index (χ2v) is 6.16. The van der Waals surface area contributed by atoms with Crippen LogP contribution in [0.1, 0.15) is 0 Å². The molecule has 0 radical (unpaired) electrons. The van der Waals surface area contributed by atoms with Gasteiger partial charge >= 0.3 is 6.03 Å². The van der Waals surface area contributed by atoms with Crippen LogP contribution in [0, 0.1) is 3.57 Å². The number of benzene rings is 3. The second kappa shape index (κ2) is 7.83. The molecular weight excluding hydrogens is 415 g/mol. The number of para-hydroxylation sites is 2. The molecule has 0 unspecified atom stereocenters. The standard InChI is InChI=1S/C19H15IN2O2/c20-17-8-4-5-9-18(17)22-19(23)21-14-10-12-16(13-11-14)24-15-6-2-1-3-7-15/h1-13H,(H2,21,22,23). The monoisotopic (exact) mass is 430 g/mol. The molecule has 120 valence electrons. The van der Waals surface area contributed by atoms with Crippen LogP contribution in [-0.4, -0.2) is 6.03 Å². The number of carbonyl (C=O) groups is 1. The van der Waals surface area contributed by atoms with Crippen LogP contribution in [0.3, 0.4) is 0 Å². The summed E-state index contributed by atoms with van der Waals surface area (Å²) in [5, 5.41) is 5.62. The predicted octanol–water partition coefficient (Wildman–Crippen LogP) is 5.73. The van der Waals surface area contributed by atoms with Crippen molar-refractivity contribution in [1.29, 1.82) is 0 Å². The maximum atomic E-state index is 12.1. The molecule has 0 atom stereocenters. The first kappa shape index (κ1) is 16.3. The summed E-state index contributed by atoms with van der Waals surface area (Å²) in [5.74, 6) is 1.49. The molecule has 0 saturated carbocycles. The Hall–Kier alpha value is -2.54. The fourth-order valence-corrected chi connectivity index (χ4v) is 2.60. The zero-order chi connectivity index (χ0) is 16.8. The van der Waals surface area contributed by atoms with Gasteiger partial charge in [-0.3, -0.25) is 0 Å². The molecule has 0 bridgehead atoms. The topological polar surface area (TPSA) is 50.4 Å². The van der Waals surface area contributed by atoms with Gasteiger partial charge in [0, 0.05) is 9.26 Å². The van der Waals surface area contributed by atoms with Gasteiger partial charge in [-0.2, -0.15) is 0 Å². The number of hydrogen-bond donors (Lipinski definition) is 2. The number of rotatable bonds is 4. The Bertz CT molecular complexity index is 820. The van der Waals surface area contributed by atoms with Gasteiger partial charge in [-0.1, -0.05) is 30.3 Å². The molecule has 2 N–H and O–H groups in total. The van der Waals surface area contributed by atoms with Crippen LogP contribution in [0.5, 0.6) is 11.5 Å². The van der Waals surface area contributed by atoms with Crippen LogP contribution in [0.4, 0.5) is 16.2 Å². The fourth-order valence-electron chi connectivity index (χ4n) is 2.08. The molecule has 0 fully saturated rings. The highest BCUT2D eigenvalue weighted by atomic mass is 127. The van der Waals surface area contributed by atoms with Crippen LogP contribution in [0.2, 0.25) is 0 Å². The first-order valence-corrected chi connectivity index (χ1v) is 8.44. The van der Waals surface area contributed by atoms with E-state index in [-0.39, 0.29) is 6.03 Å². The Kier molecular flexibility index (Phi) is 5.32. The van der Waals surface area contributed by atoms with E-state index in [0.717, 1.165) is 15.0 Å². The van der Waals surface area contributed by atoms with Crippen molar-refractivity contribution in [1.82, 2.24) is 0 Å². The van der Waals surface area contributed by atoms with Crippen molar-refractivity contribution < 1.29 is 9.53 Å². The van der Waals surface area contributed by atoms with E-state index in [0.29, 0.717) is 11.4 Å². The van der Waals surface area contributed by atoms with Gasteiger partial charge in [0.05, 0.1) is 5.69 Å². The number of urea groups is 1. The minimum atomic E-state index is -0.282. The number of anilines is 2. The fraction of sp³-hybridized carbons (Fsp3) is 0. The van der Waals surface area contributed by atoms with Crippen LogP contribution in [0.25, 0.3) is 0 Å². The molecule has 0 aliphatic carbocycles. The molecule has 0 heterocycles. The van der Waals surface area contributed by atoms with E-state index in [2.05, 4.69) is 33.2 Å². The maximum absolute atomic E-state index is 12.1. The highest BCUT2D eigenvalue weighted by molar-refractivity contribution is 14.1. The molecule has 3 rings (SSSR count). The van der Waals surface area contributed by atoms with Crippen molar-refractivity contribution >= 4 is 40.0 Å². The summed E-state index contributed by atoms with van der Waals surface area (Å²) in [5.41, 5.74) is 1.47. The number of hydrogen-bond acceptors (Lipinski definition) is 2. The highest BCUT2D eigenvalue weighted by Gasteiger charge is 2.05. The van der Waals surface area contributed by atoms with Crippen molar-refractivity contribution in [3.8, 4) is 11.5 Å². The zero-order valence-electron chi connectivity index (χ0n) is 12.7. The number of halogens is 1. The SMILES string of the molecule is O=C(Nc1ccc(Oc2ccccc2)cc1)Nc1ccccc1I. The number of ether oxygens (including phenoxy) is 1. The van der Waals surface area contributed by atoms with Gasteiger partial charge < -0.3 is 15.4 Å². The van der Waals surface area contributed by atoms with Crippen molar-refractivity contribution in [2.75, 3.05) is 10.6 Å². The normalized spacial score (nSPS) is 10.0. The van der Waals surface area contributed by atoms with Crippen molar-refractivity contribution in [2.24, 2.45) is 0 Å². The molecular formula is C19H15IN2O2.